The van der Waals surface area contributed by atoms with E-state index in [1.807, 2.05) is 18.2 Å². The van der Waals surface area contributed by atoms with Crippen LogP contribution in [0.2, 0.25) is 10.4 Å². The molecule has 2 rings (SSSR count). The molecule has 66 valence electrons. The molecule has 0 radical (unpaired) electrons. The van der Waals surface area contributed by atoms with Gasteiger partial charge < -0.3 is 4.42 Å². The van der Waals surface area contributed by atoms with Crippen molar-refractivity contribution < 1.29 is 4.42 Å². The van der Waals surface area contributed by atoms with E-state index in [4.69, 9.17) is 27.6 Å². The Labute approximate surface area is 85.1 Å². The molecule has 0 N–H and O–H groups in total. The third kappa shape index (κ3) is 1.69. The number of hydrogen-bond donors (Lipinski definition) is 0. The van der Waals surface area contributed by atoms with Gasteiger partial charge >= 0.3 is 0 Å². The number of halogens is 2. The minimum Gasteiger partial charge on any atom is -0.436 e. The first-order valence-corrected chi connectivity index (χ1v) is 4.39. The van der Waals surface area contributed by atoms with Crippen LogP contribution in [-0.4, -0.2) is 4.98 Å². The summed E-state index contributed by atoms with van der Waals surface area (Å²) in [5.41, 5.74) is 1.47. The Hall–Kier alpha value is -0.990. The number of aromatic nitrogens is 1. The minimum absolute atomic E-state index is 0.120. The molecule has 0 unspecified atom stereocenters. The van der Waals surface area contributed by atoms with E-state index in [9.17, 15) is 0 Å². The largest absolute Gasteiger partial charge is 0.436 e. The van der Waals surface area contributed by atoms with Gasteiger partial charge in [0.1, 0.15) is 12.0 Å². The van der Waals surface area contributed by atoms with Gasteiger partial charge in [-0.05, 0) is 17.7 Å². The van der Waals surface area contributed by atoms with E-state index in [0.717, 1.165) is 5.56 Å². The predicted molar refractivity (Wildman–Crippen MR) is 52.0 cm³/mol. The van der Waals surface area contributed by atoms with E-state index < -0.39 is 0 Å². The molecule has 2 nitrogen and oxygen atoms in total. The van der Waals surface area contributed by atoms with Crippen molar-refractivity contribution in [3.05, 3.63) is 40.9 Å². The van der Waals surface area contributed by atoms with Crippen LogP contribution < -0.4 is 0 Å². The lowest BCUT2D eigenvalue weighted by atomic mass is 10.2. The van der Waals surface area contributed by atoms with Crippen molar-refractivity contribution in [1.29, 1.82) is 0 Å². The van der Waals surface area contributed by atoms with Gasteiger partial charge in [0.15, 0.2) is 0 Å². The second kappa shape index (κ2) is 3.40. The molecule has 0 spiro atoms. The average Bonchev–Trinajstić information content (AvgIpc) is 2.53. The van der Waals surface area contributed by atoms with Crippen LogP contribution in [0.5, 0.6) is 0 Å². The summed E-state index contributed by atoms with van der Waals surface area (Å²) < 4.78 is 4.87. The number of hydrogen-bond acceptors (Lipinski definition) is 2. The zero-order valence-corrected chi connectivity index (χ0v) is 8.01. The summed E-state index contributed by atoms with van der Waals surface area (Å²) in [6.45, 7) is 0. The zero-order valence-electron chi connectivity index (χ0n) is 6.50. The van der Waals surface area contributed by atoms with Crippen LogP contribution in [-0.2, 0) is 0 Å². The fourth-order valence-corrected chi connectivity index (χ4v) is 1.41. The van der Waals surface area contributed by atoms with Gasteiger partial charge in [-0.3, -0.25) is 0 Å². The summed E-state index contributed by atoms with van der Waals surface area (Å²) in [6.07, 6.45) is 1.48. The van der Waals surface area contributed by atoms with Crippen LogP contribution in [0, 0.1) is 0 Å². The van der Waals surface area contributed by atoms with Crippen molar-refractivity contribution in [2.45, 2.75) is 0 Å². The third-order valence-electron chi connectivity index (χ3n) is 1.63. The normalized spacial score (nSPS) is 10.3. The Bertz CT molecular complexity index is 425. The van der Waals surface area contributed by atoms with Crippen LogP contribution >= 0.6 is 23.2 Å². The van der Waals surface area contributed by atoms with Crippen LogP contribution in [0.15, 0.2) is 34.9 Å². The lowest BCUT2D eigenvalue weighted by Gasteiger charge is -1.96. The molecule has 13 heavy (non-hydrogen) atoms. The van der Waals surface area contributed by atoms with Gasteiger partial charge in [0.05, 0.1) is 5.02 Å². The highest BCUT2D eigenvalue weighted by Gasteiger charge is 2.06. The molecular formula is C9H5Cl2NO. The van der Waals surface area contributed by atoms with Crippen molar-refractivity contribution in [3.63, 3.8) is 0 Å². The van der Waals surface area contributed by atoms with Crippen molar-refractivity contribution in [3.8, 4) is 11.3 Å². The van der Waals surface area contributed by atoms with Crippen LogP contribution in [0.3, 0.4) is 0 Å². The van der Waals surface area contributed by atoms with E-state index in [1.54, 1.807) is 6.07 Å². The van der Waals surface area contributed by atoms with Crippen LogP contribution in [0.25, 0.3) is 11.3 Å². The average molecular weight is 214 g/mol. The van der Waals surface area contributed by atoms with Gasteiger partial charge in [0.2, 0.25) is 0 Å². The topological polar surface area (TPSA) is 26.0 Å². The van der Waals surface area contributed by atoms with E-state index in [1.165, 1.54) is 6.26 Å². The maximum Gasteiger partial charge on any atom is 0.292 e. The minimum atomic E-state index is 0.120. The standard InChI is InChI=1S/C9H5Cl2NO/c10-7-4-2-1-3-6(7)8-5-13-9(11)12-8/h1-5H. The van der Waals surface area contributed by atoms with E-state index in [0.29, 0.717) is 10.7 Å². The molecule has 2 aromatic rings. The molecule has 0 saturated carbocycles. The summed E-state index contributed by atoms with van der Waals surface area (Å²) in [5.74, 6) is 0. The molecule has 0 saturated heterocycles. The SMILES string of the molecule is Clc1nc(-c2ccccc2Cl)co1. The summed E-state index contributed by atoms with van der Waals surface area (Å²) in [4.78, 5) is 3.96. The maximum atomic E-state index is 5.94. The van der Waals surface area contributed by atoms with Gasteiger partial charge in [-0.2, -0.15) is 4.98 Å². The molecule has 4 heteroatoms. The quantitative estimate of drug-likeness (QED) is 0.723. The Balaban J connectivity index is 2.52. The maximum absolute atomic E-state index is 5.94. The number of nitrogens with zero attached hydrogens (tertiary/aromatic N) is 1. The molecule has 0 amide bonds. The highest BCUT2D eigenvalue weighted by molar-refractivity contribution is 6.33. The highest BCUT2D eigenvalue weighted by Crippen LogP contribution is 2.27. The summed E-state index contributed by atoms with van der Waals surface area (Å²) in [5, 5.41) is 0.752. The number of rotatable bonds is 1. The predicted octanol–water partition coefficient (Wildman–Crippen LogP) is 3.65. The lowest BCUT2D eigenvalue weighted by Crippen LogP contribution is -1.77. The third-order valence-corrected chi connectivity index (χ3v) is 2.13. The monoisotopic (exact) mass is 213 g/mol. The van der Waals surface area contributed by atoms with Crippen molar-refractivity contribution in [2.24, 2.45) is 0 Å². The fraction of sp³-hybridized carbons (Fsp3) is 0. The molecule has 1 aromatic carbocycles. The highest BCUT2D eigenvalue weighted by atomic mass is 35.5. The van der Waals surface area contributed by atoms with Crippen LogP contribution in [0.4, 0.5) is 0 Å². The second-order valence-corrected chi connectivity index (χ2v) is 3.20. The molecule has 0 atom stereocenters. The molecular weight excluding hydrogens is 209 g/mol. The molecule has 0 bridgehead atoms. The van der Waals surface area contributed by atoms with E-state index in [2.05, 4.69) is 4.98 Å². The number of benzene rings is 1. The van der Waals surface area contributed by atoms with E-state index in [-0.39, 0.29) is 5.35 Å². The van der Waals surface area contributed by atoms with Gasteiger partial charge in [-0.25, -0.2) is 0 Å². The summed E-state index contributed by atoms with van der Waals surface area (Å²) in [7, 11) is 0. The van der Waals surface area contributed by atoms with Gasteiger partial charge in [0.25, 0.3) is 5.35 Å². The van der Waals surface area contributed by atoms with Crippen LogP contribution in [0.1, 0.15) is 0 Å². The lowest BCUT2D eigenvalue weighted by molar-refractivity contribution is 0.560. The molecule has 1 heterocycles. The smallest absolute Gasteiger partial charge is 0.292 e. The summed E-state index contributed by atoms with van der Waals surface area (Å²) in [6, 6.07) is 7.38. The Kier molecular flexibility index (Phi) is 2.25. The molecule has 0 aliphatic heterocycles. The Morgan fingerprint density at radius 1 is 1.15 bits per heavy atom. The van der Waals surface area contributed by atoms with Crippen molar-refractivity contribution >= 4 is 23.2 Å². The Morgan fingerprint density at radius 3 is 2.54 bits per heavy atom. The molecule has 0 aliphatic rings. The van der Waals surface area contributed by atoms with E-state index >= 15 is 0 Å². The number of oxazole rings is 1. The first kappa shape index (κ1) is 8.60. The summed E-state index contributed by atoms with van der Waals surface area (Å²) >= 11 is 11.5. The zero-order chi connectivity index (χ0) is 9.26. The van der Waals surface area contributed by atoms with Gasteiger partial charge in [-0.15, -0.1) is 0 Å². The van der Waals surface area contributed by atoms with Gasteiger partial charge in [-0.1, -0.05) is 29.8 Å². The van der Waals surface area contributed by atoms with Gasteiger partial charge in [0, 0.05) is 5.56 Å². The van der Waals surface area contributed by atoms with Crippen molar-refractivity contribution in [2.75, 3.05) is 0 Å². The first-order chi connectivity index (χ1) is 6.27. The Morgan fingerprint density at radius 2 is 1.92 bits per heavy atom. The molecule has 0 fully saturated rings. The second-order valence-electron chi connectivity index (χ2n) is 2.47. The molecule has 0 aliphatic carbocycles. The fourth-order valence-electron chi connectivity index (χ4n) is 1.04. The first-order valence-electron chi connectivity index (χ1n) is 3.63. The molecule has 1 aromatic heterocycles. The van der Waals surface area contributed by atoms with Crippen molar-refractivity contribution in [1.82, 2.24) is 4.98 Å².